The minimum absolute atomic E-state index is 0.285. The van der Waals surface area contributed by atoms with E-state index < -0.39 is 13.0 Å². The maximum atomic E-state index is 11.8. The van der Waals surface area contributed by atoms with Crippen molar-refractivity contribution < 1.29 is 13.5 Å². The number of hydrogen-bond donors (Lipinski definition) is 1. The van der Waals surface area contributed by atoms with Crippen LogP contribution in [0.15, 0.2) is 18.2 Å². The van der Waals surface area contributed by atoms with Gasteiger partial charge in [0.25, 0.3) is 6.43 Å². The monoisotopic (exact) mass is 275 g/mol. The molecule has 0 amide bonds. The molecule has 0 aliphatic heterocycles. The Morgan fingerprint density at radius 3 is 3.06 bits per heavy atom. The van der Waals surface area contributed by atoms with Crippen LogP contribution < -0.4 is 5.32 Å². The first-order valence-corrected chi connectivity index (χ1v) is 6.42. The molecule has 1 aromatic rings. The fraction of sp³-hybridized carbons (Fsp3) is 0.538. The number of fused-ring (bicyclic) bond motifs is 1. The molecule has 0 saturated carbocycles. The van der Waals surface area contributed by atoms with Crippen molar-refractivity contribution in [1.29, 1.82) is 0 Å². The summed E-state index contributed by atoms with van der Waals surface area (Å²) < 4.78 is 28.5. The minimum atomic E-state index is -2.39. The predicted molar refractivity (Wildman–Crippen MR) is 67.3 cm³/mol. The van der Waals surface area contributed by atoms with Gasteiger partial charge in [0.15, 0.2) is 0 Å². The van der Waals surface area contributed by atoms with Gasteiger partial charge in [0.05, 0.1) is 6.61 Å². The fourth-order valence-corrected chi connectivity index (χ4v) is 2.47. The van der Waals surface area contributed by atoms with E-state index in [-0.39, 0.29) is 6.04 Å². The first-order chi connectivity index (χ1) is 8.66. The molecule has 2 rings (SSSR count). The van der Waals surface area contributed by atoms with E-state index in [0.717, 1.165) is 17.9 Å². The van der Waals surface area contributed by atoms with E-state index in [2.05, 4.69) is 5.32 Å². The molecule has 1 N–H and O–H groups in total. The van der Waals surface area contributed by atoms with Crippen molar-refractivity contribution in [3.05, 3.63) is 34.3 Å². The Bertz CT molecular complexity index is 401. The summed E-state index contributed by atoms with van der Waals surface area (Å²) >= 11 is 5.93. The highest BCUT2D eigenvalue weighted by atomic mass is 35.5. The Hall–Kier alpha value is -0.710. The summed E-state index contributed by atoms with van der Waals surface area (Å²) in [6, 6.07) is 6.19. The van der Waals surface area contributed by atoms with E-state index in [0.29, 0.717) is 13.2 Å². The van der Waals surface area contributed by atoms with Gasteiger partial charge in [0, 0.05) is 17.6 Å². The van der Waals surface area contributed by atoms with Crippen LogP contribution in [0.2, 0.25) is 5.02 Å². The molecule has 0 fully saturated rings. The lowest BCUT2D eigenvalue weighted by Crippen LogP contribution is -2.24. The topological polar surface area (TPSA) is 21.3 Å². The smallest absolute Gasteiger partial charge is 0.261 e. The first-order valence-electron chi connectivity index (χ1n) is 6.04. The van der Waals surface area contributed by atoms with E-state index in [1.54, 1.807) is 0 Å². The number of rotatable bonds is 6. The maximum Gasteiger partial charge on any atom is 0.261 e. The normalized spacial score (nSPS) is 18.3. The van der Waals surface area contributed by atoms with Gasteiger partial charge in [-0.25, -0.2) is 8.78 Å². The first kappa shape index (κ1) is 13.7. The highest BCUT2D eigenvalue weighted by Crippen LogP contribution is 2.32. The van der Waals surface area contributed by atoms with Gasteiger partial charge in [0.1, 0.15) is 6.61 Å². The zero-order valence-electron chi connectivity index (χ0n) is 9.96. The molecule has 0 heterocycles. The molecule has 100 valence electrons. The summed E-state index contributed by atoms with van der Waals surface area (Å²) in [6.45, 7) is 0.405. The molecule has 0 spiro atoms. The Morgan fingerprint density at radius 1 is 1.44 bits per heavy atom. The van der Waals surface area contributed by atoms with Gasteiger partial charge < -0.3 is 10.1 Å². The number of nitrogens with one attached hydrogen (secondary N) is 1. The lowest BCUT2D eigenvalue weighted by atomic mass is 10.1. The van der Waals surface area contributed by atoms with Crippen molar-refractivity contribution in [2.24, 2.45) is 0 Å². The van der Waals surface area contributed by atoms with Gasteiger partial charge in [0.2, 0.25) is 0 Å². The number of alkyl halides is 2. The van der Waals surface area contributed by atoms with Gasteiger partial charge >= 0.3 is 0 Å². The van der Waals surface area contributed by atoms with Crippen molar-refractivity contribution in [2.45, 2.75) is 25.3 Å². The second kappa shape index (κ2) is 6.45. The second-order valence-corrected chi connectivity index (χ2v) is 4.79. The van der Waals surface area contributed by atoms with E-state index >= 15 is 0 Å². The average Bonchev–Trinajstić information content (AvgIpc) is 2.70. The maximum absolute atomic E-state index is 11.8. The summed E-state index contributed by atoms with van der Waals surface area (Å²) in [5.41, 5.74) is 2.53. The highest BCUT2D eigenvalue weighted by Gasteiger charge is 2.21. The van der Waals surface area contributed by atoms with Gasteiger partial charge in [-0.2, -0.15) is 0 Å². The number of halogens is 3. The Morgan fingerprint density at radius 2 is 2.28 bits per heavy atom. The molecule has 1 aromatic carbocycles. The summed E-state index contributed by atoms with van der Waals surface area (Å²) in [4.78, 5) is 0. The van der Waals surface area contributed by atoms with Crippen molar-refractivity contribution >= 4 is 11.6 Å². The molecule has 0 aromatic heterocycles. The largest absolute Gasteiger partial charge is 0.374 e. The summed E-state index contributed by atoms with van der Waals surface area (Å²) in [5, 5.41) is 4.08. The fourth-order valence-electron chi connectivity index (χ4n) is 2.28. The van der Waals surface area contributed by atoms with Crippen molar-refractivity contribution in [3.8, 4) is 0 Å². The SMILES string of the molecule is FC(F)COCCNC1CCc2cc(Cl)ccc21. The van der Waals surface area contributed by atoms with Crippen LogP contribution in [-0.2, 0) is 11.2 Å². The second-order valence-electron chi connectivity index (χ2n) is 4.35. The molecule has 1 atom stereocenters. The predicted octanol–water partition coefficient (Wildman–Crippen LogP) is 3.20. The Kier molecular flexibility index (Phi) is 4.92. The van der Waals surface area contributed by atoms with Crippen LogP contribution in [-0.4, -0.2) is 26.2 Å². The molecule has 1 aliphatic carbocycles. The number of benzene rings is 1. The molecule has 0 saturated heterocycles. The van der Waals surface area contributed by atoms with Crippen LogP contribution in [0.3, 0.4) is 0 Å². The zero-order chi connectivity index (χ0) is 13.0. The lowest BCUT2D eigenvalue weighted by molar-refractivity contribution is 0.0182. The van der Waals surface area contributed by atoms with Gasteiger partial charge in [-0.05, 0) is 36.1 Å². The Labute approximate surface area is 110 Å². The summed E-state index contributed by atoms with van der Waals surface area (Å²) in [5.74, 6) is 0. The molecular weight excluding hydrogens is 260 g/mol. The van der Waals surface area contributed by atoms with Crippen LogP contribution in [0.1, 0.15) is 23.6 Å². The number of ether oxygens (including phenoxy) is 1. The minimum Gasteiger partial charge on any atom is -0.374 e. The lowest BCUT2D eigenvalue weighted by Gasteiger charge is -2.14. The molecule has 1 unspecified atom stereocenters. The van der Waals surface area contributed by atoms with Gasteiger partial charge in [-0.1, -0.05) is 17.7 Å². The van der Waals surface area contributed by atoms with E-state index in [1.807, 2.05) is 18.2 Å². The standard InChI is InChI=1S/C13H16ClF2NO/c14-10-2-3-11-9(7-10)1-4-12(11)17-5-6-18-8-13(15)16/h2-3,7,12-13,17H,1,4-6,8H2. The molecule has 18 heavy (non-hydrogen) atoms. The zero-order valence-corrected chi connectivity index (χ0v) is 10.7. The molecule has 2 nitrogen and oxygen atoms in total. The van der Waals surface area contributed by atoms with Crippen molar-refractivity contribution in [1.82, 2.24) is 5.32 Å². The van der Waals surface area contributed by atoms with E-state index in [4.69, 9.17) is 16.3 Å². The Balaban J connectivity index is 1.76. The quantitative estimate of drug-likeness (QED) is 0.805. The van der Waals surface area contributed by atoms with Crippen LogP contribution in [0, 0.1) is 0 Å². The molecule has 1 aliphatic rings. The van der Waals surface area contributed by atoms with E-state index in [9.17, 15) is 8.78 Å². The molecule has 0 bridgehead atoms. The van der Waals surface area contributed by atoms with E-state index in [1.165, 1.54) is 11.1 Å². The highest BCUT2D eigenvalue weighted by molar-refractivity contribution is 6.30. The molecule has 0 radical (unpaired) electrons. The van der Waals surface area contributed by atoms with Crippen LogP contribution in [0.4, 0.5) is 8.78 Å². The van der Waals surface area contributed by atoms with Crippen LogP contribution >= 0.6 is 11.6 Å². The van der Waals surface area contributed by atoms with Crippen LogP contribution in [0.25, 0.3) is 0 Å². The van der Waals surface area contributed by atoms with Crippen molar-refractivity contribution in [2.75, 3.05) is 19.8 Å². The van der Waals surface area contributed by atoms with Crippen LogP contribution in [0.5, 0.6) is 0 Å². The molecule has 5 heteroatoms. The van der Waals surface area contributed by atoms with Gasteiger partial charge in [-0.3, -0.25) is 0 Å². The summed E-state index contributed by atoms with van der Waals surface area (Å²) in [6.07, 6.45) is -0.366. The third-order valence-corrected chi connectivity index (χ3v) is 3.30. The van der Waals surface area contributed by atoms with Gasteiger partial charge in [-0.15, -0.1) is 0 Å². The molecular formula is C13H16ClF2NO. The third kappa shape index (κ3) is 3.64. The third-order valence-electron chi connectivity index (χ3n) is 3.06. The van der Waals surface area contributed by atoms with Crippen molar-refractivity contribution in [3.63, 3.8) is 0 Å². The number of aryl methyl sites for hydroxylation is 1. The average molecular weight is 276 g/mol. The number of hydrogen-bond acceptors (Lipinski definition) is 2. The summed E-state index contributed by atoms with van der Waals surface area (Å²) in [7, 11) is 0.